The fourth-order valence-corrected chi connectivity index (χ4v) is 2.21. The van der Waals surface area contributed by atoms with E-state index in [1.165, 1.54) is 0 Å². The Morgan fingerprint density at radius 3 is 2.67 bits per heavy atom. The van der Waals surface area contributed by atoms with Gasteiger partial charge in [-0.1, -0.05) is 38.3 Å². The lowest BCUT2D eigenvalue weighted by Gasteiger charge is -2.14. The molecule has 100 valence electrons. The van der Waals surface area contributed by atoms with Crippen molar-refractivity contribution in [2.24, 2.45) is 5.92 Å². The first-order chi connectivity index (χ1) is 8.63. The maximum atomic E-state index is 12.4. The third-order valence-electron chi connectivity index (χ3n) is 3.21. The van der Waals surface area contributed by atoms with Crippen LogP contribution in [0.5, 0.6) is 5.75 Å². The van der Waals surface area contributed by atoms with Crippen molar-refractivity contribution in [3.05, 3.63) is 28.8 Å². The summed E-state index contributed by atoms with van der Waals surface area (Å²) in [5.41, 5.74) is 0.694. The summed E-state index contributed by atoms with van der Waals surface area (Å²) in [7, 11) is 1.56. The van der Waals surface area contributed by atoms with Gasteiger partial charge in [-0.3, -0.25) is 4.79 Å². The van der Waals surface area contributed by atoms with Crippen LogP contribution in [0.3, 0.4) is 0 Å². The number of carbonyl (C=O) groups excluding carboxylic acids is 1. The van der Waals surface area contributed by atoms with Crippen LogP contribution in [0.1, 0.15) is 49.9 Å². The monoisotopic (exact) mass is 268 g/mol. The van der Waals surface area contributed by atoms with Gasteiger partial charge in [-0.2, -0.15) is 0 Å². The minimum absolute atomic E-state index is 0.107. The molecule has 1 atom stereocenters. The molecule has 0 amide bonds. The Morgan fingerprint density at radius 1 is 1.39 bits per heavy atom. The molecule has 1 aromatic rings. The fourth-order valence-electron chi connectivity index (χ4n) is 2.02. The molecular weight excluding hydrogens is 248 g/mol. The van der Waals surface area contributed by atoms with E-state index in [2.05, 4.69) is 13.8 Å². The zero-order valence-electron chi connectivity index (χ0n) is 11.3. The predicted octanol–water partition coefficient (Wildman–Crippen LogP) is 4.75. The molecule has 1 aromatic carbocycles. The molecule has 0 fully saturated rings. The zero-order chi connectivity index (χ0) is 13.5. The van der Waals surface area contributed by atoms with Gasteiger partial charge in [0.2, 0.25) is 0 Å². The Balaban J connectivity index is 2.87. The second-order valence-electron chi connectivity index (χ2n) is 4.46. The van der Waals surface area contributed by atoms with Gasteiger partial charge < -0.3 is 4.74 Å². The highest BCUT2D eigenvalue weighted by molar-refractivity contribution is 6.32. The van der Waals surface area contributed by atoms with E-state index in [0.29, 0.717) is 16.3 Å². The molecule has 0 aromatic heterocycles. The van der Waals surface area contributed by atoms with E-state index in [9.17, 15) is 4.79 Å². The molecule has 18 heavy (non-hydrogen) atoms. The molecule has 0 aliphatic heterocycles. The number of carbonyl (C=O) groups is 1. The molecule has 2 nitrogen and oxygen atoms in total. The molecule has 0 radical (unpaired) electrons. The van der Waals surface area contributed by atoms with Gasteiger partial charge in [-0.15, -0.1) is 0 Å². The smallest absolute Gasteiger partial charge is 0.166 e. The maximum absolute atomic E-state index is 12.4. The predicted molar refractivity (Wildman–Crippen MR) is 75.6 cm³/mol. The van der Waals surface area contributed by atoms with Crippen molar-refractivity contribution >= 4 is 17.4 Å². The Labute approximate surface area is 114 Å². The largest absolute Gasteiger partial charge is 0.495 e. The van der Waals surface area contributed by atoms with Crippen LogP contribution in [0.25, 0.3) is 0 Å². The number of hydrogen-bond acceptors (Lipinski definition) is 2. The van der Waals surface area contributed by atoms with Gasteiger partial charge in [0, 0.05) is 11.5 Å². The van der Waals surface area contributed by atoms with Crippen molar-refractivity contribution in [1.29, 1.82) is 0 Å². The summed E-state index contributed by atoms with van der Waals surface area (Å²) in [4.78, 5) is 12.4. The summed E-state index contributed by atoms with van der Waals surface area (Å²) >= 11 is 5.96. The lowest BCUT2D eigenvalue weighted by Crippen LogP contribution is -2.14. The first-order valence-corrected chi connectivity index (χ1v) is 6.89. The molecule has 0 saturated heterocycles. The van der Waals surface area contributed by atoms with Crippen molar-refractivity contribution in [1.82, 2.24) is 0 Å². The van der Waals surface area contributed by atoms with E-state index in [1.54, 1.807) is 25.3 Å². The van der Waals surface area contributed by atoms with E-state index in [-0.39, 0.29) is 11.7 Å². The van der Waals surface area contributed by atoms with Crippen LogP contribution in [-0.4, -0.2) is 12.9 Å². The van der Waals surface area contributed by atoms with Gasteiger partial charge in [0.1, 0.15) is 5.75 Å². The van der Waals surface area contributed by atoms with E-state index in [1.807, 2.05) is 0 Å². The second kappa shape index (κ2) is 7.42. The average Bonchev–Trinajstić information content (AvgIpc) is 2.40. The molecular formula is C15H21ClO2. The molecule has 0 saturated carbocycles. The van der Waals surface area contributed by atoms with Gasteiger partial charge >= 0.3 is 0 Å². The number of methoxy groups -OCH3 is 1. The van der Waals surface area contributed by atoms with Crippen molar-refractivity contribution in [2.45, 2.75) is 39.5 Å². The Bertz CT molecular complexity index is 401. The van der Waals surface area contributed by atoms with Gasteiger partial charge in [-0.05, 0) is 31.0 Å². The number of ketones is 1. The maximum Gasteiger partial charge on any atom is 0.166 e. The topological polar surface area (TPSA) is 26.3 Å². The van der Waals surface area contributed by atoms with Crippen molar-refractivity contribution in [2.75, 3.05) is 7.11 Å². The number of unbranched alkanes of at least 4 members (excludes halogenated alkanes) is 1. The van der Waals surface area contributed by atoms with Crippen LogP contribution in [0.4, 0.5) is 0 Å². The summed E-state index contributed by atoms with van der Waals surface area (Å²) in [6.45, 7) is 4.20. The summed E-state index contributed by atoms with van der Waals surface area (Å²) in [6.07, 6.45) is 4.04. The molecule has 0 heterocycles. The van der Waals surface area contributed by atoms with Gasteiger partial charge in [-0.25, -0.2) is 0 Å². The summed E-state index contributed by atoms with van der Waals surface area (Å²) in [5.74, 6) is 0.865. The molecule has 0 aliphatic rings. The van der Waals surface area contributed by atoms with E-state index < -0.39 is 0 Å². The minimum Gasteiger partial charge on any atom is -0.495 e. The molecule has 1 rings (SSSR count). The Hall–Kier alpha value is -1.02. The third kappa shape index (κ3) is 3.74. The van der Waals surface area contributed by atoms with Crippen molar-refractivity contribution < 1.29 is 9.53 Å². The number of Topliss-reactive ketones (excluding diaryl/α,β-unsaturated/α-hetero) is 1. The van der Waals surface area contributed by atoms with Crippen molar-refractivity contribution in [3.63, 3.8) is 0 Å². The summed E-state index contributed by atoms with van der Waals surface area (Å²) in [5, 5.41) is 0.538. The highest BCUT2D eigenvalue weighted by Crippen LogP contribution is 2.27. The third-order valence-corrected chi connectivity index (χ3v) is 3.52. The van der Waals surface area contributed by atoms with Crippen LogP contribution >= 0.6 is 11.6 Å². The molecule has 0 bridgehead atoms. The van der Waals surface area contributed by atoms with E-state index >= 15 is 0 Å². The first kappa shape index (κ1) is 15.0. The molecule has 1 unspecified atom stereocenters. The minimum atomic E-state index is 0.107. The van der Waals surface area contributed by atoms with Gasteiger partial charge in [0.25, 0.3) is 0 Å². The number of halogens is 1. The zero-order valence-corrected chi connectivity index (χ0v) is 12.1. The van der Waals surface area contributed by atoms with Crippen molar-refractivity contribution in [3.8, 4) is 5.75 Å². The number of rotatable bonds is 7. The van der Waals surface area contributed by atoms with Crippen LogP contribution in [-0.2, 0) is 0 Å². The quantitative estimate of drug-likeness (QED) is 0.667. The first-order valence-electron chi connectivity index (χ1n) is 6.51. The summed E-state index contributed by atoms with van der Waals surface area (Å²) in [6, 6.07) is 5.24. The Morgan fingerprint density at radius 2 is 2.11 bits per heavy atom. The lowest BCUT2D eigenvalue weighted by molar-refractivity contribution is 0.0908. The number of ether oxygens (including phenoxy) is 1. The fraction of sp³-hybridized carbons (Fsp3) is 0.533. The average molecular weight is 269 g/mol. The van der Waals surface area contributed by atoms with Gasteiger partial charge in [0.05, 0.1) is 12.1 Å². The summed E-state index contributed by atoms with van der Waals surface area (Å²) < 4.78 is 5.15. The number of hydrogen-bond donors (Lipinski definition) is 0. The van der Waals surface area contributed by atoms with Gasteiger partial charge in [0.15, 0.2) is 5.78 Å². The standard InChI is InChI=1S/C15H21ClO2/c1-4-6-7-11(5-2)15(17)12-8-9-13(16)14(10-12)18-3/h8-11H,4-7H2,1-3H3. The lowest BCUT2D eigenvalue weighted by atomic mass is 9.90. The number of benzene rings is 1. The van der Waals surface area contributed by atoms with Crippen LogP contribution in [0.15, 0.2) is 18.2 Å². The van der Waals surface area contributed by atoms with Crippen LogP contribution in [0, 0.1) is 5.92 Å². The Kier molecular flexibility index (Phi) is 6.20. The highest BCUT2D eigenvalue weighted by atomic mass is 35.5. The van der Waals surface area contributed by atoms with E-state index in [4.69, 9.17) is 16.3 Å². The molecule has 0 aliphatic carbocycles. The normalized spacial score (nSPS) is 12.2. The second-order valence-corrected chi connectivity index (χ2v) is 4.87. The van der Waals surface area contributed by atoms with E-state index in [0.717, 1.165) is 25.7 Å². The van der Waals surface area contributed by atoms with Crippen LogP contribution in [0.2, 0.25) is 5.02 Å². The molecule has 0 N–H and O–H groups in total. The molecule has 3 heteroatoms. The SMILES string of the molecule is CCCCC(CC)C(=O)c1ccc(Cl)c(OC)c1. The van der Waals surface area contributed by atoms with Crippen LogP contribution < -0.4 is 4.74 Å². The highest BCUT2D eigenvalue weighted by Gasteiger charge is 2.18. The molecule has 0 spiro atoms.